The predicted octanol–water partition coefficient (Wildman–Crippen LogP) is 6.27. The van der Waals surface area contributed by atoms with Crippen LogP contribution >= 0.6 is 22.6 Å². The summed E-state index contributed by atoms with van der Waals surface area (Å²) in [6.07, 6.45) is 11.1. The van der Waals surface area contributed by atoms with Gasteiger partial charge in [-0.05, 0) is 121 Å². The molecule has 35 heavy (non-hydrogen) atoms. The second kappa shape index (κ2) is 9.19. The number of nitrogens with two attached hydrogens (primary N) is 1. The molecule has 0 atom stereocenters. The number of carbonyl (C=O) groups is 1. The van der Waals surface area contributed by atoms with Crippen LogP contribution in [0.4, 0.5) is 11.5 Å². The van der Waals surface area contributed by atoms with Crippen molar-refractivity contribution in [3.63, 3.8) is 0 Å². The van der Waals surface area contributed by atoms with Gasteiger partial charge in [-0.25, -0.2) is 9.97 Å². The van der Waals surface area contributed by atoms with Crippen molar-refractivity contribution in [2.24, 2.45) is 23.2 Å². The Morgan fingerprint density at radius 2 is 1.60 bits per heavy atom. The molecule has 4 bridgehead atoms. The summed E-state index contributed by atoms with van der Waals surface area (Å²) in [4.78, 5) is 22.8. The number of nitrogen functional groups attached to an aromatic ring is 1. The first-order chi connectivity index (χ1) is 16.9. The molecule has 4 fully saturated rings. The summed E-state index contributed by atoms with van der Waals surface area (Å²) in [5.41, 5.74) is 10.7. The molecule has 180 valence electrons. The third kappa shape index (κ3) is 4.95. The van der Waals surface area contributed by atoms with E-state index in [0.29, 0.717) is 17.7 Å². The first-order valence-electron chi connectivity index (χ1n) is 12.7. The predicted molar refractivity (Wildman–Crippen MR) is 148 cm³/mol. The smallest absolute Gasteiger partial charge is 0.229 e. The summed E-state index contributed by atoms with van der Waals surface area (Å²) in [6, 6.07) is 15.8. The molecule has 0 unspecified atom stereocenters. The van der Waals surface area contributed by atoms with Gasteiger partial charge in [0, 0.05) is 14.8 Å². The summed E-state index contributed by atoms with van der Waals surface area (Å²) in [5.74, 6) is 3.18. The Morgan fingerprint density at radius 1 is 0.971 bits per heavy atom. The van der Waals surface area contributed by atoms with E-state index in [4.69, 9.17) is 15.7 Å². The number of benzene rings is 2. The number of halogens is 1. The zero-order chi connectivity index (χ0) is 24.0. The zero-order valence-electron chi connectivity index (χ0n) is 19.8. The quantitative estimate of drug-likeness (QED) is 0.267. The normalized spacial score (nSPS) is 26.6. The first kappa shape index (κ1) is 23.0. The van der Waals surface area contributed by atoms with Crippen LogP contribution in [0.3, 0.4) is 0 Å². The lowest BCUT2D eigenvalue weighted by atomic mass is 9.48. The minimum atomic E-state index is -0.0486. The maximum atomic E-state index is 13.0. The van der Waals surface area contributed by atoms with Crippen LogP contribution in [0.25, 0.3) is 11.3 Å². The van der Waals surface area contributed by atoms with Crippen molar-refractivity contribution < 1.29 is 4.79 Å². The maximum absolute atomic E-state index is 13.0. The van der Waals surface area contributed by atoms with Crippen molar-refractivity contribution >= 4 is 40.0 Å². The van der Waals surface area contributed by atoms with Gasteiger partial charge in [0.1, 0.15) is 0 Å². The van der Waals surface area contributed by atoms with Gasteiger partial charge in [-0.1, -0.05) is 24.3 Å². The van der Waals surface area contributed by atoms with Crippen LogP contribution in [-0.4, -0.2) is 15.9 Å². The topological polar surface area (TPSA) is 80.9 Å². The first-order valence-corrected chi connectivity index (χ1v) is 13.8. The Balaban J connectivity index is 1.29. The summed E-state index contributed by atoms with van der Waals surface area (Å²) in [5, 5.41) is 3.11. The molecule has 0 aliphatic heterocycles. The van der Waals surface area contributed by atoms with Gasteiger partial charge in [-0.3, -0.25) is 4.79 Å². The molecule has 6 heteroatoms. The minimum absolute atomic E-state index is 0.0486. The molecule has 2 aromatic carbocycles. The monoisotopic (exact) mass is 578 g/mol. The number of hydrogen-bond acceptors (Lipinski definition) is 4. The zero-order valence-corrected chi connectivity index (χ0v) is 22.0. The molecule has 0 saturated heterocycles. The third-order valence-corrected chi connectivity index (χ3v) is 9.01. The fourth-order valence-corrected chi connectivity index (χ4v) is 7.63. The highest BCUT2D eigenvalue weighted by Gasteiger charge is 2.51. The van der Waals surface area contributed by atoms with Crippen LogP contribution < -0.4 is 11.1 Å². The molecule has 5 nitrogen and oxygen atoms in total. The van der Waals surface area contributed by atoms with Gasteiger partial charge < -0.3 is 11.1 Å². The molecule has 3 N–H and O–H groups in total. The number of rotatable bonds is 6. The number of carbonyl (C=O) groups excluding carboxylic acids is 1. The largest absolute Gasteiger partial charge is 0.399 e. The molecule has 4 aliphatic carbocycles. The molecule has 1 amide bonds. The van der Waals surface area contributed by atoms with Crippen LogP contribution in [0.15, 0.2) is 54.7 Å². The van der Waals surface area contributed by atoms with E-state index in [1.165, 1.54) is 38.5 Å². The number of anilines is 2. The van der Waals surface area contributed by atoms with Gasteiger partial charge in [0.25, 0.3) is 0 Å². The molecular formula is C29H31IN4O. The van der Waals surface area contributed by atoms with Gasteiger partial charge in [0.15, 0.2) is 5.82 Å². The van der Waals surface area contributed by atoms with E-state index in [1.54, 1.807) is 6.20 Å². The molecule has 4 saturated carbocycles. The average Bonchev–Trinajstić information content (AvgIpc) is 2.81. The van der Waals surface area contributed by atoms with Crippen LogP contribution in [0.2, 0.25) is 0 Å². The van der Waals surface area contributed by atoms with Crippen molar-refractivity contribution in [2.75, 3.05) is 11.1 Å². The molecule has 7 rings (SSSR count). The molecule has 3 aromatic rings. The Bertz CT molecular complexity index is 1200. The van der Waals surface area contributed by atoms with Crippen molar-refractivity contribution in [2.45, 2.75) is 51.4 Å². The average molecular weight is 578 g/mol. The van der Waals surface area contributed by atoms with Gasteiger partial charge in [0.2, 0.25) is 5.91 Å². The lowest BCUT2D eigenvalue weighted by Crippen LogP contribution is -2.47. The highest BCUT2D eigenvalue weighted by Crippen LogP contribution is 2.61. The summed E-state index contributed by atoms with van der Waals surface area (Å²) in [6.45, 7) is 0. The molecule has 0 spiro atoms. The Labute approximate surface area is 220 Å². The molecule has 1 aromatic heterocycles. The van der Waals surface area contributed by atoms with Crippen LogP contribution in [0.1, 0.15) is 49.8 Å². The molecule has 1 heterocycles. The van der Waals surface area contributed by atoms with Crippen molar-refractivity contribution in [1.29, 1.82) is 0 Å². The van der Waals surface area contributed by atoms with Crippen LogP contribution in [0, 0.1) is 26.7 Å². The van der Waals surface area contributed by atoms with Gasteiger partial charge in [-0.15, -0.1) is 0 Å². The van der Waals surface area contributed by atoms with Crippen molar-refractivity contribution in [3.05, 3.63) is 69.6 Å². The van der Waals surface area contributed by atoms with Crippen LogP contribution in [0.5, 0.6) is 0 Å². The SMILES string of the molecule is Nc1ccc(-c2cnc(NC(=O)Cc3ccc(I)cc3)c(CC34CC5CC(CC(C5)C3)C4)n2)cc1. The van der Waals surface area contributed by atoms with Crippen molar-refractivity contribution in [1.82, 2.24) is 9.97 Å². The number of amides is 1. The second-order valence-electron chi connectivity index (χ2n) is 11.1. The van der Waals surface area contributed by atoms with Gasteiger partial charge >= 0.3 is 0 Å². The fourth-order valence-electron chi connectivity index (χ4n) is 7.27. The van der Waals surface area contributed by atoms with E-state index in [0.717, 1.165) is 55.9 Å². The van der Waals surface area contributed by atoms with Gasteiger partial charge in [0.05, 0.1) is 24.0 Å². The summed E-state index contributed by atoms with van der Waals surface area (Å²) < 4.78 is 1.16. The van der Waals surface area contributed by atoms with E-state index in [-0.39, 0.29) is 5.91 Å². The minimum Gasteiger partial charge on any atom is -0.399 e. The maximum Gasteiger partial charge on any atom is 0.229 e. The molecular weight excluding hydrogens is 547 g/mol. The van der Waals surface area contributed by atoms with E-state index in [2.05, 4.69) is 27.9 Å². The molecule has 0 radical (unpaired) electrons. The lowest BCUT2D eigenvalue weighted by molar-refractivity contribution is -0.115. The summed E-state index contributed by atoms with van der Waals surface area (Å²) in [7, 11) is 0. The fraction of sp³-hybridized carbons (Fsp3) is 0.414. The van der Waals surface area contributed by atoms with E-state index < -0.39 is 0 Å². The Morgan fingerprint density at radius 3 is 2.23 bits per heavy atom. The lowest BCUT2D eigenvalue weighted by Gasteiger charge is -2.57. The highest BCUT2D eigenvalue weighted by molar-refractivity contribution is 14.1. The van der Waals surface area contributed by atoms with Crippen LogP contribution in [-0.2, 0) is 17.6 Å². The number of aromatic nitrogens is 2. The standard InChI is InChI=1S/C29H31IN4O/c30-23-5-1-18(2-6-23)12-27(35)34-28-25(33-26(17-32-28)22-3-7-24(31)8-4-22)16-29-13-19-9-20(14-29)11-21(10-19)15-29/h1-8,17,19-21H,9-16,31H2,(H,32,34,35). The number of nitrogens with zero attached hydrogens (tertiary/aromatic N) is 2. The molecule has 4 aliphatic rings. The number of hydrogen-bond donors (Lipinski definition) is 2. The van der Waals surface area contributed by atoms with E-state index >= 15 is 0 Å². The van der Waals surface area contributed by atoms with E-state index in [1.807, 2.05) is 48.5 Å². The van der Waals surface area contributed by atoms with Crippen molar-refractivity contribution in [3.8, 4) is 11.3 Å². The Kier molecular flexibility index (Phi) is 6.03. The summed E-state index contributed by atoms with van der Waals surface area (Å²) >= 11 is 2.28. The van der Waals surface area contributed by atoms with E-state index in [9.17, 15) is 4.79 Å². The number of nitrogens with one attached hydrogen (secondary N) is 1. The van der Waals surface area contributed by atoms with Gasteiger partial charge in [-0.2, -0.15) is 0 Å². The third-order valence-electron chi connectivity index (χ3n) is 8.29. The Hall–Kier alpha value is -2.48. The highest BCUT2D eigenvalue weighted by atomic mass is 127. The second-order valence-corrected chi connectivity index (χ2v) is 12.4.